The van der Waals surface area contributed by atoms with Gasteiger partial charge in [0, 0.05) is 13.5 Å². The Hall–Kier alpha value is -0.370. The number of hydrogen-bond donors (Lipinski definition) is 0. The second kappa shape index (κ2) is 6.18. The molecule has 0 saturated carbocycles. The maximum atomic E-state index is 11.8. The molecule has 0 fully saturated rings. The zero-order valence-corrected chi connectivity index (χ0v) is 10.2. The molecule has 84 valence electrons. The van der Waals surface area contributed by atoms with E-state index in [2.05, 4.69) is 13.8 Å². The van der Waals surface area contributed by atoms with E-state index < -0.39 is 5.60 Å². The van der Waals surface area contributed by atoms with E-state index in [0.29, 0.717) is 12.3 Å². The SMILES string of the molecule is CCC(=O)C(CC)(CC(C)CC)OC. The molecule has 0 aliphatic rings. The number of ether oxygens (including phenoxy) is 1. The summed E-state index contributed by atoms with van der Waals surface area (Å²) in [6, 6.07) is 0. The van der Waals surface area contributed by atoms with Gasteiger partial charge in [-0.1, -0.05) is 34.1 Å². The van der Waals surface area contributed by atoms with E-state index in [-0.39, 0.29) is 5.78 Å². The van der Waals surface area contributed by atoms with Crippen LogP contribution in [0.3, 0.4) is 0 Å². The van der Waals surface area contributed by atoms with Crippen molar-refractivity contribution in [2.45, 2.75) is 59.0 Å². The average Bonchev–Trinajstić information content (AvgIpc) is 2.24. The third-order valence-corrected chi connectivity index (χ3v) is 3.17. The predicted octanol–water partition coefficient (Wildman–Crippen LogP) is 3.20. The van der Waals surface area contributed by atoms with E-state index in [1.54, 1.807) is 7.11 Å². The Balaban J connectivity index is 4.61. The van der Waals surface area contributed by atoms with E-state index in [9.17, 15) is 4.79 Å². The van der Waals surface area contributed by atoms with Gasteiger partial charge in [-0.15, -0.1) is 0 Å². The summed E-state index contributed by atoms with van der Waals surface area (Å²) in [7, 11) is 1.65. The Morgan fingerprint density at radius 1 is 1.36 bits per heavy atom. The second-order valence-corrected chi connectivity index (χ2v) is 4.05. The van der Waals surface area contributed by atoms with Crippen LogP contribution in [-0.4, -0.2) is 18.5 Å². The van der Waals surface area contributed by atoms with Crippen LogP contribution in [0.25, 0.3) is 0 Å². The summed E-state index contributed by atoms with van der Waals surface area (Å²) < 4.78 is 5.46. The third kappa shape index (κ3) is 3.09. The fraction of sp³-hybridized carbons (Fsp3) is 0.917. The van der Waals surface area contributed by atoms with Gasteiger partial charge in [0.2, 0.25) is 0 Å². The standard InChI is InChI=1S/C12H24O2/c1-6-10(4)9-12(8-3,14-5)11(13)7-2/h10H,6-9H2,1-5H3. The molecule has 0 aliphatic carbocycles. The van der Waals surface area contributed by atoms with Gasteiger partial charge in [-0.05, 0) is 18.8 Å². The normalized spacial score (nSPS) is 17.5. The minimum Gasteiger partial charge on any atom is -0.370 e. The number of carbonyl (C=O) groups excluding carboxylic acids is 1. The average molecular weight is 200 g/mol. The summed E-state index contributed by atoms with van der Waals surface area (Å²) in [6.45, 7) is 8.26. The van der Waals surface area contributed by atoms with Crippen LogP contribution in [0.4, 0.5) is 0 Å². The van der Waals surface area contributed by atoms with Crippen LogP contribution in [0, 0.1) is 5.92 Å². The number of Topliss-reactive ketones (excluding diaryl/α,β-unsaturated/α-hetero) is 1. The molecule has 2 atom stereocenters. The maximum absolute atomic E-state index is 11.8. The van der Waals surface area contributed by atoms with Crippen LogP contribution in [0.15, 0.2) is 0 Å². The summed E-state index contributed by atoms with van der Waals surface area (Å²) in [5, 5.41) is 0. The van der Waals surface area contributed by atoms with Crippen molar-refractivity contribution < 1.29 is 9.53 Å². The lowest BCUT2D eigenvalue weighted by Gasteiger charge is -2.32. The second-order valence-electron chi connectivity index (χ2n) is 4.05. The molecule has 2 nitrogen and oxygen atoms in total. The van der Waals surface area contributed by atoms with Gasteiger partial charge in [0.25, 0.3) is 0 Å². The van der Waals surface area contributed by atoms with Crippen molar-refractivity contribution in [3.8, 4) is 0 Å². The van der Waals surface area contributed by atoms with E-state index in [4.69, 9.17) is 4.74 Å². The summed E-state index contributed by atoms with van der Waals surface area (Å²) in [4.78, 5) is 11.8. The minimum atomic E-state index is -0.524. The largest absolute Gasteiger partial charge is 0.370 e. The smallest absolute Gasteiger partial charge is 0.164 e. The van der Waals surface area contributed by atoms with Crippen molar-refractivity contribution in [1.82, 2.24) is 0 Å². The molecule has 0 saturated heterocycles. The summed E-state index contributed by atoms with van der Waals surface area (Å²) in [6.07, 6.45) is 3.30. The summed E-state index contributed by atoms with van der Waals surface area (Å²) in [5.74, 6) is 0.785. The lowest BCUT2D eigenvalue weighted by atomic mass is 9.83. The number of methoxy groups -OCH3 is 1. The Morgan fingerprint density at radius 2 is 1.93 bits per heavy atom. The number of rotatable bonds is 7. The van der Waals surface area contributed by atoms with E-state index in [1.165, 1.54) is 0 Å². The molecule has 0 N–H and O–H groups in total. The van der Waals surface area contributed by atoms with Gasteiger partial charge in [0.15, 0.2) is 5.78 Å². The van der Waals surface area contributed by atoms with Crippen LogP contribution >= 0.6 is 0 Å². The van der Waals surface area contributed by atoms with Crippen LogP contribution in [-0.2, 0) is 9.53 Å². The van der Waals surface area contributed by atoms with Gasteiger partial charge in [0.05, 0.1) is 0 Å². The third-order valence-electron chi connectivity index (χ3n) is 3.17. The molecular weight excluding hydrogens is 176 g/mol. The van der Waals surface area contributed by atoms with Gasteiger partial charge in [-0.25, -0.2) is 0 Å². The van der Waals surface area contributed by atoms with Crippen molar-refractivity contribution in [1.29, 1.82) is 0 Å². The van der Waals surface area contributed by atoms with Crippen LogP contribution in [0.2, 0.25) is 0 Å². The van der Waals surface area contributed by atoms with Crippen molar-refractivity contribution >= 4 is 5.78 Å². The predicted molar refractivity (Wildman–Crippen MR) is 59.4 cm³/mol. The van der Waals surface area contributed by atoms with Crippen molar-refractivity contribution in [2.24, 2.45) is 5.92 Å². The Labute approximate surface area is 88.0 Å². The molecule has 2 heteroatoms. The molecule has 0 aliphatic heterocycles. The summed E-state index contributed by atoms with van der Waals surface area (Å²) in [5.41, 5.74) is -0.524. The summed E-state index contributed by atoms with van der Waals surface area (Å²) >= 11 is 0. The number of hydrogen-bond acceptors (Lipinski definition) is 2. The zero-order valence-electron chi connectivity index (χ0n) is 10.2. The highest BCUT2D eigenvalue weighted by Crippen LogP contribution is 2.28. The van der Waals surface area contributed by atoms with Crippen LogP contribution < -0.4 is 0 Å². The van der Waals surface area contributed by atoms with Crippen molar-refractivity contribution in [3.63, 3.8) is 0 Å². The molecule has 0 aromatic rings. The molecule has 14 heavy (non-hydrogen) atoms. The topological polar surface area (TPSA) is 26.3 Å². The maximum Gasteiger partial charge on any atom is 0.164 e. The Kier molecular flexibility index (Phi) is 6.01. The molecule has 0 amide bonds. The van der Waals surface area contributed by atoms with Crippen molar-refractivity contribution in [3.05, 3.63) is 0 Å². The molecule has 0 radical (unpaired) electrons. The molecule has 0 heterocycles. The van der Waals surface area contributed by atoms with Crippen LogP contribution in [0.1, 0.15) is 53.4 Å². The number of ketones is 1. The fourth-order valence-corrected chi connectivity index (χ4v) is 1.83. The quantitative estimate of drug-likeness (QED) is 0.631. The first-order valence-electron chi connectivity index (χ1n) is 5.64. The van der Waals surface area contributed by atoms with Gasteiger partial charge in [-0.3, -0.25) is 4.79 Å². The van der Waals surface area contributed by atoms with Gasteiger partial charge in [0.1, 0.15) is 5.60 Å². The molecule has 0 spiro atoms. The highest BCUT2D eigenvalue weighted by Gasteiger charge is 2.35. The molecule has 0 aromatic heterocycles. The van der Waals surface area contributed by atoms with Crippen molar-refractivity contribution in [2.75, 3.05) is 7.11 Å². The monoisotopic (exact) mass is 200 g/mol. The highest BCUT2D eigenvalue weighted by molar-refractivity contribution is 5.87. The molecular formula is C12H24O2. The van der Waals surface area contributed by atoms with Gasteiger partial charge < -0.3 is 4.74 Å². The Bertz CT molecular complexity index is 171. The van der Waals surface area contributed by atoms with Gasteiger partial charge in [-0.2, -0.15) is 0 Å². The number of carbonyl (C=O) groups is 1. The zero-order chi connectivity index (χ0) is 11.2. The van der Waals surface area contributed by atoms with E-state index in [1.807, 2.05) is 13.8 Å². The molecule has 2 unspecified atom stereocenters. The van der Waals surface area contributed by atoms with E-state index >= 15 is 0 Å². The lowest BCUT2D eigenvalue weighted by Crippen LogP contribution is -2.41. The van der Waals surface area contributed by atoms with Crippen LogP contribution in [0.5, 0.6) is 0 Å². The first kappa shape index (κ1) is 13.6. The van der Waals surface area contributed by atoms with E-state index in [0.717, 1.165) is 19.3 Å². The molecule has 0 bridgehead atoms. The molecule has 0 rings (SSSR count). The van der Waals surface area contributed by atoms with Gasteiger partial charge >= 0.3 is 0 Å². The first-order chi connectivity index (χ1) is 6.56. The highest BCUT2D eigenvalue weighted by atomic mass is 16.5. The first-order valence-corrected chi connectivity index (χ1v) is 5.64. The minimum absolute atomic E-state index is 0.239. The molecule has 0 aromatic carbocycles. The lowest BCUT2D eigenvalue weighted by molar-refractivity contribution is -0.143. The fourth-order valence-electron chi connectivity index (χ4n) is 1.83. The Morgan fingerprint density at radius 3 is 2.21 bits per heavy atom.